The number of hydrogen-bond acceptors (Lipinski definition) is 2. The molecule has 0 bridgehead atoms. The van der Waals surface area contributed by atoms with Crippen LogP contribution in [0.2, 0.25) is 0 Å². The van der Waals surface area contributed by atoms with Crippen molar-refractivity contribution in [1.29, 1.82) is 0 Å². The fraction of sp³-hybridized carbons (Fsp3) is 0.500. The maximum Gasteiger partial charge on any atom is 0.0303 e. The van der Waals surface area contributed by atoms with Crippen LogP contribution in [0, 0.1) is 0 Å². The number of nitrogens with zero attached hydrogens (tertiary/aromatic N) is 2. The first kappa shape index (κ1) is 7.74. The van der Waals surface area contributed by atoms with Crippen LogP contribution in [0.25, 0.3) is 0 Å². The molecule has 0 aliphatic carbocycles. The second-order valence-corrected chi connectivity index (χ2v) is 3.61. The number of aromatic nitrogens is 1. The summed E-state index contributed by atoms with van der Waals surface area (Å²) in [6, 6.07) is 2.78. The third-order valence-electron chi connectivity index (χ3n) is 2.69. The van der Waals surface area contributed by atoms with Gasteiger partial charge in [-0.2, -0.15) is 0 Å². The molecule has 2 nitrogen and oxygen atoms in total. The van der Waals surface area contributed by atoms with Crippen molar-refractivity contribution < 1.29 is 0 Å². The highest BCUT2D eigenvalue weighted by atomic mass is 15.1. The Hall–Kier alpha value is -0.890. The Labute approximate surface area is 73.2 Å². The first-order valence-electron chi connectivity index (χ1n) is 4.39. The van der Waals surface area contributed by atoms with Gasteiger partial charge in [0.1, 0.15) is 0 Å². The van der Waals surface area contributed by atoms with Crippen LogP contribution in [-0.2, 0) is 13.0 Å². The van der Waals surface area contributed by atoms with Crippen molar-refractivity contribution in [3.8, 4) is 0 Å². The molecule has 0 amide bonds. The number of hydrogen-bond donors (Lipinski definition) is 0. The molecule has 0 saturated heterocycles. The van der Waals surface area contributed by atoms with Crippen LogP contribution in [-0.4, -0.2) is 23.0 Å². The van der Waals surface area contributed by atoms with E-state index >= 15 is 0 Å². The summed E-state index contributed by atoms with van der Waals surface area (Å²) in [5.41, 5.74) is 2.86. The van der Waals surface area contributed by atoms with Gasteiger partial charge in [0.15, 0.2) is 0 Å². The second-order valence-electron chi connectivity index (χ2n) is 3.61. The Kier molecular flexibility index (Phi) is 1.85. The van der Waals surface area contributed by atoms with E-state index in [4.69, 9.17) is 0 Å². The zero-order chi connectivity index (χ0) is 8.55. The SMILES string of the molecule is CC1Cc2cnccc2CN1C. The molecule has 1 atom stereocenters. The average molecular weight is 162 g/mol. The monoisotopic (exact) mass is 162 g/mol. The fourth-order valence-electron chi connectivity index (χ4n) is 1.69. The molecule has 0 N–H and O–H groups in total. The van der Waals surface area contributed by atoms with Crippen LogP contribution >= 0.6 is 0 Å². The standard InChI is InChI=1S/C10H14N2/c1-8-5-10-6-11-4-3-9(10)7-12(8)2/h3-4,6,8H,5,7H2,1-2H3. The quantitative estimate of drug-likeness (QED) is 0.574. The predicted octanol–water partition coefficient (Wildman–Crippen LogP) is 1.46. The van der Waals surface area contributed by atoms with Crippen molar-refractivity contribution >= 4 is 0 Å². The van der Waals surface area contributed by atoms with Gasteiger partial charge in [-0.05, 0) is 37.6 Å². The van der Waals surface area contributed by atoms with E-state index in [1.165, 1.54) is 11.1 Å². The topological polar surface area (TPSA) is 16.1 Å². The lowest BCUT2D eigenvalue weighted by atomic mass is 9.98. The molecule has 0 saturated carbocycles. The lowest BCUT2D eigenvalue weighted by Gasteiger charge is -2.31. The van der Waals surface area contributed by atoms with Crippen molar-refractivity contribution in [2.75, 3.05) is 7.05 Å². The molecule has 1 aromatic rings. The summed E-state index contributed by atoms with van der Waals surface area (Å²) in [4.78, 5) is 6.52. The summed E-state index contributed by atoms with van der Waals surface area (Å²) in [6.07, 6.45) is 5.02. The molecule has 0 radical (unpaired) electrons. The summed E-state index contributed by atoms with van der Waals surface area (Å²) >= 11 is 0. The van der Waals surface area contributed by atoms with Gasteiger partial charge < -0.3 is 0 Å². The van der Waals surface area contributed by atoms with Crippen molar-refractivity contribution in [1.82, 2.24) is 9.88 Å². The molecule has 0 spiro atoms. The number of rotatable bonds is 0. The van der Waals surface area contributed by atoms with E-state index in [1.54, 1.807) is 0 Å². The van der Waals surface area contributed by atoms with E-state index in [0.717, 1.165) is 13.0 Å². The summed E-state index contributed by atoms with van der Waals surface area (Å²) in [5.74, 6) is 0. The van der Waals surface area contributed by atoms with E-state index in [9.17, 15) is 0 Å². The van der Waals surface area contributed by atoms with E-state index in [0.29, 0.717) is 6.04 Å². The Morgan fingerprint density at radius 2 is 2.33 bits per heavy atom. The molecule has 64 valence electrons. The highest BCUT2D eigenvalue weighted by Gasteiger charge is 2.18. The van der Waals surface area contributed by atoms with Gasteiger partial charge >= 0.3 is 0 Å². The predicted molar refractivity (Wildman–Crippen MR) is 48.9 cm³/mol. The smallest absolute Gasteiger partial charge is 0.0303 e. The van der Waals surface area contributed by atoms with Gasteiger partial charge in [-0.25, -0.2) is 0 Å². The number of likely N-dealkylation sites (N-methyl/N-ethyl adjacent to an activating group) is 1. The Morgan fingerprint density at radius 1 is 1.50 bits per heavy atom. The molecule has 1 aliphatic heterocycles. The first-order valence-corrected chi connectivity index (χ1v) is 4.39. The zero-order valence-electron chi connectivity index (χ0n) is 7.62. The minimum Gasteiger partial charge on any atom is -0.299 e. The number of fused-ring (bicyclic) bond motifs is 1. The van der Waals surface area contributed by atoms with E-state index < -0.39 is 0 Å². The van der Waals surface area contributed by atoms with Crippen LogP contribution < -0.4 is 0 Å². The Balaban J connectivity index is 2.34. The minimum atomic E-state index is 0.654. The summed E-state index contributed by atoms with van der Waals surface area (Å²) in [5, 5.41) is 0. The molecule has 12 heavy (non-hydrogen) atoms. The normalized spacial score (nSPS) is 23.7. The van der Waals surface area contributed by atoms with Gasteiger partial charge in [0.25, 0.3) is 0 Å². The minimum absolute atomic E-state index is 0.654. The maximum absolute atomic E-state index is 4.14. The van der Waals surface area contributed by atoms with Crippen LogP contribution in [0.4, 0.5) is 0 Å². The molecule has 2 heterocycles. The summed E-state index contributed by atoms with van der Waals surface area (Å²) in [7, 11) is 2.17. The zero-order valence-corrected chi connectivity index (χ0v) is 7.62. The van der Waals surface area contributed by atoms with Crippen LogP contribution in [0.5, 0.6) is 0 Å². The third-order valence-corrected chi connectivity index (χ3v) is 2.69. The lowest BCUT2D eigenvalue weighted by Crippen LogP contribution is -2.34. The van der Waals surface area contributed by atoms with Gasteiger partial charge in [-0.3, -0.25) is 9.88 Å². The van der Waals surface area contributed by atoms with Crippen molar-refractivity contribution in [3.05, 3.63) is 29.6 Å². The third kappa shape index (κ3) is 1.23. The van der Waals surface area contributed by atoms with Gasteiger partial charge in [0.2, 0.25) is 0 Å². The van der Waals surface area contributed by atoms with Crippen LogP contribution in [0.15, 0.2) is 18.5 Å². The average Bonchev–Trinajstić information content (AvgIpc) is 2.07. The van der Waals surface area contributed by atoms with E-state index in [-0.39, 0.29) is 0 Å². The first-order chi connectivity index (χ1) is 5.77. The molecule has 1 unspecified atom stereocenters. The van der Waals surface area contributed by atoms with Crippen LogP contribution in [0.3, 0.4) is 0 Å². The number of pyridine rings is 1. The maximum atomic E-state index is 4.14. The second kappa shape index (κ2) is 2.87. The van der Waals surface area contributed by atoms with Gasteiger partial charge in [0, 0.05) is 25.0 Å². The summed E-state index contributed by atoms with van der Waals surface area (Å²) < 4.78 is 0. The highest BCUT2D eigenvalue weighted by molar-refractivity contribution is 5.26. The van der Waals surface area contributed by atoms with E-state index in [1.807, 2.05) is 12.4 Å². The lowest BCUT2D eigenvalue weighted by molar-refractivity contribution is 0.231. The van der Waals surface area contributed by atoms with Gasteiger partial charge in [-0.1, -0.05) is 0 Å². The molecule has 0 aromatic carbocycles. The fourth-order valence-corrected chi connectivity index (χ4v) is 1.69. The molecule has 1 aromatic heterocycles. The van der Waals surface area contributed by atoms with E-state index in [2.05, 4.69) is 29.9 Å². The van der Waals surface area contributed by atoms with Gasteiger partial charge in [-0.15, -0.1) is 0 Å². The molecule has 2 heteroatoms. The summed E-state index contributed by atoms with van der Waals surface area (Å²) in [6.45, 7) is 3.33. The van der Waals surface area contributed by atoms with Crippen LogP contribution in [0.1, 0.15) is 18.1 Å². The highest BCUT2D eigenvalue weighted by Crippen LogP contribution is 2.20. The molecule has 0 fully saturated rings. The Bertz CT molecular complexity index is 254. The molecule has 2 rings (SSSR count). The largest absolute Gasteiger partial charge is 0.299 e. The molecular weight excluding hydrogens is 148 g/mol. The van der Waals surface area contributed by atoms with Crippen molar-refractivity contribution in [2.24, 2.45) is 0 Å². The molecule has 1 aliphatic rings. The molecular formula is C10H14N2. The van der Waals surface area contributed by atoms with Crippen molar-refractivity contribution in [3.63, 3.8) is 0 Å². The van der Waals surface area contributed by atoms with Crippen molar-refractivity contribution in [2.45, 2.75) is 25.9 Å². The Morgan fingerprint density at radius 3 is 3.17 bits per heavy atom. The van der Waals surface area contributed by atoms with Gasteiger partial charge in [0.05, 0.1) is 0 Å².